The standard InChI is InChI=1S/C13H26N2O7/c14-2-5-20-7-9-21-8-6-19-4-1-3-15-12(16)10-22-11-13(17)18/h1-11,14H2,(H,15,16)(H,17,18). The van der Waals surface area contributed by atoms with Gasteiger partial charge in [0.05, 0.1) is 33.0 Å². The zero-order chi connectivity index (χ0) is 16.5. The van der Waals surface area contributed by atoms with Gasteiger partial charge in [-0.2, -0.15) is 0 Å². The van der Waals surface area contributed by atoms with E-state index in [1.807, 2.05) is 0 Å². The molecule has 0 saturated heterocycles. The van der Waals surface area contributed by atoms with Crippen LogP contribution in [0.15, 0.2) is 0 Å². The first-order chi connectivity index (χ1) is 10.7. The number of rotatable bonds is 16. The molecule has 4 N–H and O–H groups in total. The van der Waals surface area contributed by atoms with Crippen molar-refractivity contribution in [1.29, 1.82) is 0 Å². The summed E-state index contributed by atoms with van der Waals surface area (Å²) >= 11 is 0. The highest BCUT2D eigenvalue weighted by atomic mass is 16.5. The van der Waals surface area contributed by atoms with Crippen molar-refractivity contribution in [2.75, 3.05) is 65.9 Å². The average Bonchev–Trinajstić information content (AvgIpc) is 2.48. The van der Waals surface area contributed by atoms with Gasteiger partial charge in [0.2, 0.25) is 5.91 Å². The van der Waals surface area contributed by atoms with Crippen LogP contribution in [0.5, 0.6) is 0 Å². The second kappa shape index (κ2) is 16.1. The first kappa shape index (κ1) is 20.7. The summed E-state index contributed by atoms with van der Waals surface area (Å²) in [4.78, 5) is 21.4. The van der Waals surface area contributed by atoms with Gasteiger partial charge >= 0.3 is 5.97 Å². The number of carbonyl (C=O) groups is 2. The lowest BCUT2D eigenvalue weighted by atomic mass is 10.4. The minimum absolute atomic E-state index is 0.257. The van der Waals surface area contributed by atoms with Crippen LogP contribution < -0.4 is 11.1 Å². The Morgan fingerprint density at radius 1 is 0.864 bits per heavy atom. The van der Waals surface area contributed by atoms with Crippen LogP contribution in [0.1, 0.15) is 6.42 Å². The third kappa shape index (κ3) is 16.8. The number of amides is 1. The fourth-order valence-corrected chi connectivity index (χ4v) is 1.31. The fourth-order valence-electron chi connectivity index (χ4n) is 1.31. The van der Waals surface area contributed by atoms with E-state index in [1.165, 1.54) is 0 Å². The summed E-state index contributed by atoms with van der Waals surface area (Å²) in [6, 6.07) is 0. The summed E-state index contributed by atoms with van der Waals surface area (Å²) in [5.41, 5.74) is 5.26. The number of ether oxygens (including phenoxy) is 4. The zero-order valence-corrected chi connectivity index (χ0v) is 12.8. The lowest BCUT2D eigenvalue weighted by molar-refractivity contribution is -0.143. The summed E-state index contributed by atoms with van der Waals surface area (Å²) in [6.45, 7) is 3.25. The van der Waals surface area contributed by atoms with Gasteiger partial charge in [0.25, 0.3) is 0 Å². The van der Waals surface area contributed by atoms with Gasteiger partial charge in [0, 0.05) is 19.7 Å². The van der Waals surface area contributed by atoms with Crippen molar-refractivity contribution in [2.45, 2.75) is 6.42 Å². The largest absolute Gasteiger partial charge is 0.480 e. The third-order valence-electron chi connectivity index (χ3n) is 2.25. The summed E-state index contributed by atoms with van der Waals surface area (Å²) in [5, 5.41) is 10.9. The molecule has 0 aromatic rings. The van der Waals surface area contributed by atoms with Crippen molar-refractivity contribution in [2.24, 2.45) is 5.73 Å². The van der Waals surface area contributed by atoms with Crippen LogP contribution in [-0.2, 0) is 28.5 Å². The molecule has 0 unspecified atom stereocenters. The van der Waals surface area contributed by atoms with Crippen LogP contribution in [-0.4, -0.2) is 82.9 Å². The highest BCUT2D eigenvalue weighted by molar-refractivity contribution is 5.77. The van der Waals surface area contributed by atoms with Gasteiger partial charge in [-0.15, -0.1) is 0 Å². The number of aliphatic carboxylic acids is 1. The Morgan fingerprint density at radius 2 is 1.45 bits per heavy atom. The van der Waals surface area contributed by atoms with E-state index in [0.29, 0.717) is 59.2 Å². The number of carboxylic acids is 1. The van der Waals surface area contributed by atoms with E-state index in [-0.39, 0.29) is 12.5 Å². The van der Waals surface area contributed by atoms with Gasteiger partial charge in [-0.3, -0.25) is 4.79 Å². The molecule has 0 heterocycles. The van der Waals surface area contributed by atoms with Crippen molar-refractivity contribution in [3.8, 4) is 0 Å². The van der Waals surface area contributed by atoms with E-state index in [4.69, 9.17) is 25.1 Å². The molecule has 0 aliphatic carbocycles. The van der Waals surface area contributed by atoms with Crippen LogP contribution in [0.2, 0.25) is 0 Å². The molecule has 130 valence electrons. The summed E-state index contributed by atoms with van der Waals surface area (Å²) in [5.74, 6) is -1.45. The van der Waals surface area contributed by atoms with E-state index >= 15 is 0 Å². The van der Waals surface area contributed by atoms with Crippen LogP contribution in [0.3, 0.4) is 0 Å². The highest BCUT2D eigenvalue weighted by Crippen LogP contribution is 1.84. The Bertz CT molecular complexity index is 290. The van der Waals surface area contributed by atoms with E-state index in [2.05, 4.69) is 10.1 Å². The Kier molecular flexibility index (Phi) is 15.2. The smallest absolute Gasteiger partial charge is 0.329 e. The molecule has 0 aromatic heterocycles. The Balaban J connectivity index is 3.13. The predicted octanol–water partition coefficient (Wildman–Crippen LogP) is -1.40. The summed E-state index contributed by atoms with van der Waals surface area (Å²) in [6.07, 6.45) is 0.657. The van der Waals surface area contributed by atoms with Gasteiger partial charge in [-0.25, -0.2) is 4.79 Å². The molecule has 0 fully saturated rings. The quantitative estimate of drug-likeness (QED) is 0.296. The van der Waals surface area contributed by atoms with Gasteiger partial charge < -0.3 is 35.1 Å². The lowest BCUT2D eigenvalue weighted by Gasteiger charge is -2.07. The number of nitrogens with two attached hydrogens (primary N) is 1. The third-order valence-corrected chi connectivity index (χ3v) is 2.25. The van der Waals surface area contributed by atoms with Crippen molar-refractivity contribution in [3.63, 3.8) is 0 Å². The first-order valence-corrected chi connectivity index (χ1v) is 7.16. The monoisotopic (exact) mass is 322 g/mol. The Labute approximate surface area is 130 Å². The minimum atomic E-state index is -1.10. The number of carboxylic acid groups (broad SMARTS) is 1. The Hall–Kier alpha value is -1.26. The molecule has 9 heteroatoms. The van der Waals surface area contributed by atoms with Gasteiger partial charge in [0.15, 0.2) is 0 Å². The second-order valence-electron chi connectivity index (χ2n) is 4.22. The SMILES string of the molecule is NCCOCCOCCOCCCNC(=O)COCC(=O)O. The van der Waals surface area contributed by atoms with Gasteiger partial charge in [0.1, 0.15) is 13.2 Å². The van der Waals surface area contributed by atoms with E-state index < -0.39 is 12.6 Å². The van der Waals surface area contributed by atoms with E-state index in [1.54, 1.807) is 0 Å². The second-order valence-corrected chi connectivity index (χ2v) is 4.22. The van der Waals surface area contributed by atoms with Crippen LogP contribution in [0.25, 0.3) is 0 Å². The molecule has 0 aliphatic rings. The molecule has 9 nitrogen and oxygen atoms in total. The molecule has 1 amide bonds. The molecule has 0 radical (unpaired) electrons. The zero-order valence-electron chi connectivity index (χ0n) is 12.8. The Morgan fingerprint density at radius 3 is 2.05 bits per heavy atom. The van der Waals surface area contributed by atoms with Crippen molar-refractivity contribution in [1.82, 2.24) is 5.32 Å². The predicted molar refractivity (Wildman–Crippen MR) is 77.6 cm³/mol. The lowest BCUT2D eigenvalue weighted by Crippen LogP contribution is -2.30. The normalized spacial score (nSPS) is 10.6. The molecule has 0 atom stereocenters. The molecule has 0 saturated carbocycles. The van der Waals surface area contributed by atoms with Crippen molar-refractivity contribution < 1.29 is 33.6 Å². The number of carbonyl (C=O) groups excluding carboxylic acids is 1. The molecular weight excluding hydrogens is 296 g/mol. The maximum Gasteiger partial charge on any atom is 0.329 e. The van der Waals surface area contributed by atoms with Crippen molar-refractivity contribution >= 4 is 11.9 Å². The maximum absolute atomic E-state index is 11.2. The molecule has 0 aliphatic heterocycles. The highest BCUT2D eigenvalue weighted by Gasteiger charge is 2.02. The molecular formula is C13H26N2O7. The average molecular weight is 322 g/mol. The molecule has 22 heavy (non-hydrogen) atoms. The summed E-state index contributed by atoms with van der Waals surface area (Å²) < 4.78 is 20.3. The van der Waals surface area contributed by atoms with Crippen LogP contribution in [0, 0.1) is 0 Å². The van der Waals surface area contributed by atoms with Crippen molar-refractivity contribution in [3.05, 3.63) is 0 Å². The molecule has 0 spiro atoms. The molecule has 0 bridgehead atoms. The maximum atomic E-state index is 11.2. The summed E-state index contributed by atoms with van der Waals surface area (Å²) in [7, 11) is 0. The van der Waals surface area contributed by atoms with Gasteiger partial charge in [-0.1, -0.05) is 0 Å². The minimum Gasteiger partial charge on any atom is -0.480 e. The fraction of sp³-hybridized carbons (Fsp3) is 0.846. The van der Waals surface area contributed by atoms with E-state index in [0.717, 1.165) is 0 Å². The first-order valence-electron chi connectivity index (χ1n) is 7.16. The van der Waals surface area contributed by atoms with Gasteiger partial charge in [-0.05, 0) is 6.42 Å². The van der Waals surface area contributed by atoms with Crippen LogP contribution in [0.4, 0.5) is 0 Å². The van der Waals surface area contributed by atoms with E-state index in [9.17, 15) is 9.59 Å². The topological polar surface area (TPSA) is 129 Å². The number of hydrogen-bond donors (Lipinski definition) is 3. The number of hydrogen-bond acceptors (Lipinski definition) is 7. The number of nitrogens with one attached hydrogen (secondary N) is 1. The molecule has 0 aromatic carbocycles. The molecule has 0 rings (SSSR count). The van der Waals surface area contributed by atoms with Crippen LogP contribution >= 0.6 is 0 Å².